The first-order valence-corrected chi connectivity index (χ1v) is 6.86. The van der Waals surface area contributed by atoms with E-state index in [1.807, 2.05) is 0 Å². The third-order valence-electron chi connectivity index (χ3n) is 3.32. The molecule has 1 aliphatic rings. The molecule has 0 aromatic rings. The number of ether oxygens (including phenoxy) is 1. The van der Waals surface area contributed by atoms with Crippen LogP contribution in [0.2, 0.25) is 0 Å². The molecule has 1 heterocycles. The SMILES string of the molecule is COCCNC(=O)CN(CC1CCCN1)C(C)C. The van der Waals surface area contributed by atoms with E-state index < -0.39 is 0 Å². The van der Waals surface area contributed by atoms with Gasteiger partial charge in [0.05, 0.1) is 13.2 Å². The van der Waals surface area contributed by atoms with Gasteiger partial charge in [-0.05, 0) is 33.2 Å². The lowest BCUT2D eigenvalue weighted by Crippen LogP contribution is -2.46. The molecule has 1 atom stereocenters. The van der Waals surface area contributed by atoms with Gasteiger partial charge < -0.3 is 15.4 Å². The summed E-state index contributed by atoms with van der Waals surface area (Å²) < 4.78 is 4.91. The van der Waals surface area contributed by atoms with Crippen molar-refractivity contribution in [3.8, 4) is 0 Å². The molecule has 5 heteroatoms. The average molecular weight is 257 g/mol. The Balaban J connectivity index is 2.29. The zero-order chi connectivity index (χ0) is 13.4. The number of nitrogens with one attached hydrogen (secondary N) is 2. The minimum atomic E-state index is 0.0822. The quantitative estimate of drug-likeness (QED) is 0.611. The molecule has 0 aromatic heterocycles. The Kier molecular flexibility index (Phi) is 7.23. The minimum absolute atomic E-state index is 0.0822. The van der Waals surface area contributed by atoms with Crippen molar-refractivity contribution in [1.82, 2.24) is 15.5 Å². The number of rotatable bonds is 8. The van der Waals surface area contributed by atoms with Crippen molar-refractivity contribution in [2.75, 3.05) is 39.9 Å². The number of carbonyl (C=O) groups is 1. The van der Waals surface area contributed by atoms with Gasteiger partial charge in [0, 0.05) is 32.3 Å². The fraction of sp³-hybridized carbons (Fsp3) is 0.923. The monoisotopic (exact) mass is 257 g/mol. The molecule has 0 bridgehead atoms. The highest BCUT2D eigenvalue weighted by Crippen LogP contribution is 2.08. The van der Waals surface area contributed by atoms with Gasteiger partial charge in [-0.25, -0.2) is 0 Å². The van der Waals surface area contributed by atoms with Crippen molar-refractivity contribution in [2.24, 2.45) is 0 Å². The van der Waals surface area contributed by atoms with E-state index in [2.05, 4.69) is 29.4 Å². The van der Waals surface area contributed by atoms with Gasteiger partial charge in [0.1, 0.15) is 0 Å². The lowest BCUT2D eigenvalue weighted by atomic mass is 10.2. The second kappa shape index (κ2) is 8.45. The van der Waals surface area contributed by atoms with Crippen LogP contribution in [0.1, 0.15) is 26.7 Å². The molecule has 5 nitrogen and oxygen atoms in total. The van der Waals surface area contributed by atoms with Crippen LogP contribution in [0.4, 0.5) is 0 Å². The number of methoxy groups -OCH3 is 1. The summed E-state index contributed by atoms with van der Waals surface area (Å²) in [6, 6.07) is 0.930. The zero-order valence-electron chi connectivity index (χ0n) is 11.9. The topological polar surface area (TPSA) is 53.6 Å². The van der Waals surface area contributed by atoms with Crippen molar-refractivity contribution >= 4 is 5.91 Å². The van der Waals surface area contributed by atoms with E-state index in [1.54, 1.807) is 7.11 Å². The summed E-state index contributed by atoms with van der Waals surface area (Å²) in [7, 11) is 1.64. The van der Waals surface area contributed by atoms with Crippen LogP contribution in [0.3, 0.4) is 0 Å². The van der Waals surface area contributed by atoms with E-state index in [0.29, 0.717) is 31.8 Å². The van der Waals surface area contributed by atoms with Gasteiger partial charge in [0.15, 0.2) is 0 Å². The Morgan fingerprint density at radius 1 is 1.56 bits per heavy atom. The van der Waals surface area contributed by atoms with Gasteiger partial charge in [-0.15, -0.1) is 0 Å². The van der Waals surface area contributed by atoms with E-state index >= 15 is 0 Å². The normalized spacial score (nSPS) is 19.7. The van der Waals surface area contributed by atoms with Crippen molar-refractivity contribution < 1.29 is 9.53 Å². The molecule has 0 aromatic carbocycles. The third-order valence-corrected chi connectivity index (χ3v) is 3.32. The van der Waals surface area contributed by atoms with E-state index in [1.165, 1.54) is 12.8 Å². The fourth-order valence-electron chi connectivity index (χ4n) is 2.19. The van der Waals surface area contributed by atoms with Crippen molar-refractivity contribution in [3.63, 3.8) is 0 Å². The summed E-state index contributed by atoms with van der Waals surface area (Å²) in [5, 5.41) is 6.34. The minimum Gasteiger partial charge on any atom is -0.383 e. The van der Waals surface area contributed by atoms with Crippen LogP contribution in [0, 0.1) is 0 Å². The molecule has 1 unspecified atom stereocenters. The van der Waals surface area contributed by atoms with Crippen LogP contribution in [0.25, 0.3) is 0 Å². The summed E-state index contributed by atoms with van der Waals surface area (Å²) in [6.07, 6.45) is 2.46. The van der Waals surface area contributed by atoms with Crippen molar-refractivity contribution in [3.05, 3.63) is 0 Å². The molecule has 2 N–H and O–H groups in total. The van der Waals surface area contributed by atoms with Gasteiger partial charge in [0.25, 0.3) is 0 Å². The summed E-state index contributed by atoms with van der Waals surface area (Å²) in [5.41, 5.74) is 0. The maximum Gasteiger partial charge on any atom is 0.234 e. The third kappa shape index (κ3) is 5.80. The first kappa shape index (κ1) is 15.4. The number of carbonyl (C=O) groups excluding carboxylic acids is 1. The Morgan fingerprint density at radius 3 is 2.89 bits per heavy atom. The van der Waals surface area contributed by atoms with Crippen LogP contribution in [0.15, 0.2) is 0 Å². The Morgan fingerprint density at radius 2 is 2.33 bits per heavy atom. The summed E-state index contributed by atoms with van der Waals surface area (Å²) in [4.78, 5) is 14.0. The molecule has 1 fully saturated rings. The van der Waals surface area contributed by atoms with E-state index in [-0.39, 0.29) is 5.91 Å². The Bertz CT molecular complexity index is 240. The van der Waals surface area contributed by atoms with Gasteiger partial charge in [0.2, 0.25) is 5.91 Å². The average Bonchev–Trinajstić information content (AvgIpc) is 2.81. The number of nitrogens with zero attached hydrogens (tertiary/aromatic N) is 1. The van der Waals surface area contributed by atoms with E-state index in [0.717, 1.165) is 13.1 Å². The van der Waals surface area contributed by atoms with Crippen LogP contribution in [-0.2, 0) is 9.53 Å². The molecule has 0 radical (unpaired) electrons. The second-order valence-corrected chi connectivity index (χ2v) is 5.16. The van der Waals surface area contributed by atoms with Crippen LogP contribution in [-0.4, -0.2) is 62.8 Å². The number of amides is 1. The molecular formula is C13H27N3O2. The van der Waals surface area contributed by atoms with Gasteiger partial charge in [-0.3, -0.25) is 9.69 Å². The zero-order valence-corrected chi connectivity index (χ0v) is 11.9. The Hall–Kier alpha value is -0.650. The number of hydrogen-bond acceptors (Lipinski definition) is 4. The predicted molar refractivity (Wildman–Crippen MR) is 72.6 cm³/mol. The van der Waals surface area contributed by atoms with Crippen molar-refractivity contribution in [2.45, 2.75) is 38.8 Å². The first-order valence-electron chi connectivity index (χ1n) is 6.86. The summed E-state index contributed by atoms with van der Waals surface area (Å²) in [6.45, 7) is 7.96. The Labute approximate surface area is 110 Å². The van der Waals surface area contributed by atoms with Gasteiger partial charge in [-0.1, -0.05) is 0 Å². The highest BCUT2D eigenvalue weighted by atomic mass is 16.5. The number of hydrogen-bond donors (Lipinski definition) is 2. The largest absolute Gasteiger partial charge is 0.383 e. The lowest BCUT2D eigenvalue weighted by molar-refractivity contribution is -0.122. The smallest absolute Gasteiger partial charge is 0.234 e. The van der Waals surface area contributed by atoms with Crippen LogP contribution >= 0.6 is 0 Å². The maximum absolute atomic E-state index is 11.8. The second-order valence-electron chi connectivity index (χ2n) is 5.16. The van der Waals surface area contributed by atoms with Crippen LogP contribution in [0.5, 0.6) is 0 Å². The lowest BCUT2D eigenvalue weighted by Gasteiger charge is -2.28. The molecule has 0 aliphatic carbocycles. The molecule has 106 valence electrons. The highest BCUT2D eigenvalue weighted by Gasteiger charge is 2.21. The van der Waals surface area contributed by atoms with E-state index in [9.17, 15) is 4.79 Å². The van der Waals surface area contributed by atoms with Crippen LogP contribution < -0.4 is 10.6 Å². The summed E-state index contributed by atoms with van der Waals surface area (Å²) in [5.74, 6) is 0.0822. The molecule has 0 spiro atoms. The standard InChI is InChI=1S/C13H27N3O2/c1-11(2)16(9-12-5-4-6-14-12)10-13(17)15-7-8-18-3/h11-12,14H,4-10H2,1-3H3,(H,15,17). The first-order chi connectivity index (χ1) is 8.63. The maximum atomic E-state index is 11.8. The van der Waals surface area contributed by atoms with E-state index in [4.69, 9.17) is 4.74 Å². The molecule has 1 rings (SSSR count). The molecule has 0 saturated carbocycles. The molecule has 18 heavy (non-hydrogen) atoms. The molecular weight excluding hydrogens is 230 g/mol. The fourth-order valence-corrected chi connectivity index (χ4v) is 2.19. The van der Waals surface area contributed by atoms with Gasteiger partial charge in [-0.2, -0.15) is 0 Å². The van der Waals surface area contributed by atoms with Crippen molar-refractivity contribution in [1.29, 1.82) is 0 Å². The summed E-state index contributed by atoms with van der Waals surface area (Å²) >= 11 is 0. The highest BCUT2D eigenvalue weighted by molar-refractivity contribution is 5.78. The molecule has 1 aliphatic heterocycles. The predicted octanol–water partition coefficient (Wildman–Crippen LogP) is 0.211. The molecule has 1 saturated heterocycles. The van der Waals surface area contributed by atoms with Gasteiger partial charge >= 0.3 is 0 Å². The molecule has 1 amide bonds.